The first-order chi connectivity index (χ1) is 13.5. The van der Waals surface area contributed by atoms with E-state index in [0.717, 1.165) is 24.5 Å². The van der Waals surface area contributed by atoms with Crippen LogP contribution in [0.2, 0.25) is 5.02 Å². The van der Waals surface area contributed by atoms with Crippen molar-refractivity contribution < 1.29 is 9.53 Å². The molecule has 1 amide bonds. The highest BCUT2D eigenvalue weighted by Crippen LogP contribution is 2.32. The van der Waals surface area contributed by atoms with Crippen LogP contribution in [0.15, 0.2) is 42.5 Å². The van der Waals surface area contributed by atoms with Gasteiger partial charge in [-0.3, -0.25) is 9.69 Å². The van der Waals surface area contributed by atoms with Crippen molar-refractivity contribution in [3.63, 3.8) is 0 Å². The van der Waals surface area contributed by atoms with E-state index in [9.17, 15) is 4.79 Å². The number of rotatable bonds is 6. The number of ether oxygens (including phenoxy) is 1. The molecule has 0 fully saturated rings. The average Bonchev–Trinajstić information content (AvgIpc) is 2.67. The molecule has 0 spiro atoms. The summed E-state index contributed by atoms with van der Waals surface area (Å²) in [5.41, 5.74) is 2.06. The fourth-order valence-corrected chi connectivity index (χ4v) is 3.54. The summed E-state index contributed by atoms with van der Waals surface area (Å²) in [6.07, 6.45) is -0.0167. The normalized spacial score (nSPS) is 15.5. The molecule has 0 unspecified atom stereocenters. The molecule has 1 aliphatic heterocycles. The lowest BCUT2D eigenvalue weighted by atomic mass is 10.2. The van der Waals surface area contributed by atoms with Crippen LogP contribution in [0.3, 0.4) is 0 Å². The van der Waals surface area contributed by atoms with Crippen LogP contribution < -0.4 is 15.0 Å². The number of halogens is 1. The number of anilines is 2. The minimum absolute atomic E-state index is 0.0167. The first kappa shape index (κ1) is 20.0. The van der Waals surface area contributed by atoms with Gasteiger partial charge in [-0.15, -0.1) is 0 Å². The van der Waals surface area contributed by atoms with E-state index in [0.29, 0.717) is 22.8 Å². The number of nitrogens with one attached hydrogen (secondary N) is 1. The number of nitrogens with zero attached hydrogens (tertiary/aromatic N) is 3. The number of carbonyl (C=O) groups is 1. The fraction of sp³-hybridized carbons (Fsp3) is 0.333. The van der Waals surface area contributed by atoms with E-state index in [4.69, 9.17) is 21.6 Å². The third kappa shape index (κ3) is 4.75. The first-order valence-corrected chi connectivity index (χ1v) is 9.56. The van der Waals surface area contributed by atoms with Crippen LogP contribution in [0.25, 0.3) is 0 Å². The number of carbonyl (C=O) groups excluding carboxylic acids is 1. The molecule has 6 nitrogen and oxygen atoms in total. The molecule has 0 radical (unpaired) electrons. The Morgan fingerprint density at radius 3 is 2.89 bits per heavy atom. The molecular formula is C21H23ClN4O2. The maximum absolute atomic E-state index is 12.3. The number of para-hydroxylation sites is 2. The molecule has 1 aliphatic rings. The second-order valence-electron chi connectivity index (χ2n) is 6.80. The zero-order valence-electron chi connectivity index (χ0n) is 16.0. The van der Waals surface area contributed by atoms with Crippen molar-refractivity contribution in [1.82, 2.24) is 4.90 Å². The summed E-state index contributed by atoms with van der Waals surface area (Å²) in [7, 11) is 1.89. The Bertz CT molecular complexity index is 896. The van der Waals surface area contributed by atoms with Crippen molar-refractivity contribution in [2.45, 2.75) is 13.0 Å². The average molecular weight is 399 g/mol. The van der Waals surface area contributed by atoms with Crippen molar-refractivity contribution >= 4 is 28.9 Å². The standard InChI is InChI=1S/C21H23ClN4O2/c1-3-26-13-17(28-20-7-5-4-6-19(20)26)12-25(2)14-21(27)24-16-9-8-15(11-23)18(22)10-16/h4-10,17H,3,12-14H2,1-2H3,(H,24,27)/t17-/m0/s1. The number of nitriles is 1. The molecule has 0 aliphatic carbocycles. The van der Waals surface area contributed by atoms with E-state index in [1.54, 1.807) is 18.2 Å². The molecule has 1 N–H and O–H groups in total. The summed E-state index contributed by atoms with van der Waals surface area (Å²) < 4.78 is 6.11. The Labute approximate surface area is 170 Å². The zero-order valence-corrected chi connectivity index (χ0v) is 16.7. The van der Waals surface area contributed by atoms with Crippen LogP contribution in [0, 0.1) is 11.3 Å². The third-order valence-electron chi connectivity index (χ3n) is 4.61. The van der Waals surface area contributed by atoms with Crippen molar-refractivity contribution in [2.75, 3.05) is 43.4 Å². The topological polar surface area (TPSA) is 68.6 Å². The monoisotopic (exact) mass is 398 g/mol. The highest BCUT2D eigenvalue weighted by atomic mass is 35.5. The summed E-state index contributed by atoms with van der Waals surface area (Å²) in [4.78, 5) is 16.6. The fourth-order valence-electron chi connectivity index (χ4n) is 3.31. The molecule has 3 rings (SSSR count). The molecule has 1 atom stereocenters. The maximum Gasteiger partial charge on any atom is 0.238 e. The summed E-state index contributed by atoms with van der Waals surface area (Å²) in [6.45, 7) is 4.67. The smallest absolute Gasteiger partial charge is 0.238 e. The van der Waals surface area contributed by atoms with Crippen LogP contribution in [0.1, 0.15) is 12.5 Å². The quantitative estimate of drug-likeness (QED) is 0.807. The van der Waals surface area contributed by atoms with Gasteiger partial charge in [0.1, 0.15) is 17.9 Å². The second-order valence-corrected chi connectivity index (χ2v) is 7.20. The van der Waals surface area contributed by atoms with E-state index in [2.05, 4.69) is 23.2 Å². The second kappa shape index (κ2) is 8.96. The van der Waals surface area contributed by atoms with Crippen LogP contribution >= 0.6 is 11.6 Å². The predicted octanol–water partition coefficient (Wildman–Crippen LogP) is 3.37. The Kier molecular flexibility index (Phi) is 6.40. The molecule has 7 heteroatoms. The Balaban J connectivity index is 1.55. The Morgan fingerprint density at radius 1 is 1.39 bits per heavy atom. The predicted molar refractivity (Wildman–Crippen MR) is 111 cm³/mol. The molecule has 2 aromatic carbocycles. The van der Waals surface area contributed by atoms with Crippen molar-refractivity contribution in [3.8, 4) is 11.8 Å². The Morgan fingerprint density at radius 2 is 2.18 bits per heavy atom. The van der Waals surface area contributed by atoms with Gasteiger partial charge in [-0.2, -0.15) is 5.26 Å². The van der Waals surface area contributed by atoms with Gasteiger partial charge in [0.25, 0.3) is 0 Å². The highest BCUT2D eigenvalue weighted by Gasteiger charge is 2.25. The molecule has 0 bridgehead atoms. The number of amides is 1. The zero-order chi connectivity index (χ0) is 20.1. The summed E-state index contributed by atoms with van der Waals surface area (Å²) in [5, 5.41) is 12.1. The maximum atomic E-state index is 12.3. The molecule has 0 aromatic heterocycles. The number of likely N-dealkylation sites (N-methyl/N-ethyl adjacent to an activating group) is 2. The van der Waals surface area contributed by atoms with E-state index in [-0.39, 0.29) is 18.6 Å². The molecule has 28 heavy (non-hydrogen) atoms. The lowest BCUT2D eigenvalue weighted by Gasteiger charge is -2.37. The summed E-state index contributed by atoms with van der Waals surface area (Å²) in [5.74, 6) is 0.734. The molecule has 146 valence electrons. The molecule has 2 aromatic rings. The number of hydrogen-bond acceptors (Lipinski definition) is 5. The third-order valence-corrected chi connectivity index (χ3v) is 4.92. The van der Waals surface area contributed by atoms with Crippen LogP contribution in [-0.4, -0.2) is 50.1 Å². The van der Waals surface area contributed by atoms with Gasteiger partial charge in [-0.05, 0) is 44.3 Å². The molecule has 0 saturated carbocycles. The van der Waals surface area contributed by atoms with Gasteiger partial charge in [0, 0.05) is 18.8 Å². The number of hydrogen-bond donors (Lipinski definition) is 1. The van der Waals surface area contributed by atoms with E-state index in [1.807, 2.05) is 36.2 Å². The van der Waals surface area contributed by atoms with Crippen LogP contribution in [0.5, 0.6) is 5.75 Å². The van der Waals surface area contributed by atoms with E-state index in [1.165, 1.54) is 0 Å². The summed E-state index contributed by atoms with van der Waals surface area (Å²) in [6, 6.07) is 14.9. The SMILES string of the molecule is CCN1C[C@H](CN(C)CC(=O)Nc2ccc(C#N)c(Cl)c2)Oc2ccccc21. The largest absolute Gasteiger partial charge is 0.485 e. The minimum Gasteiger partial charge on any atom is -0.485 e. The number of fused-ring (bicyclic) bond motifs is 1. The van der Waals surface area contributed by atoms with Gasteiger partial charge in [0.15, 0.2) is 0 Å². The first-order valence-electron chi connectivity index (χ1n) is 9.18. The van der Waals surface area contributed by atoms with Crippen molar-refractivity contribution in [3.05, 3.63) is 53.1 Å². The van der Waals surface area contributed by atoms with Gasteiger partial charge in [-0.25, -0.2) is 0 Å². The van der Waals surface area contributed by atoms with Crippen LogP contribution in [-0.2, 0) is 4.79 Å². The van der Waals surface area contributed by atoms with Crippen molar-refractivity contribution in [1.29, 1.82) is 5.26 Å². The van der Waals surface area contributed by atoms with Gasteiger partial charge in [0.05, 0.1) is 29.4 Å². The van der Waals surface area contributed by atoms with Crippen LogP contribution in [0.4, 0.5) is 11.4 Å². The lowest BCUT2D eigenvalue weighted by Crippen LogP contribution is -2.46. The minimum atomic E-state index is -0.146. The van der Waals surface area contributed by atoms with Crippen molar-refractivity contribution in [2.24, 2.45) is 0 Å². The lowest BCUT2D eigenvalue weighted by molar-refractivity contribution is -0.117. The molecule has 0 saturated heterocycles. The van der Waals surface area contributed by atoms with E-state index >= 15 is 0 Å². The highest BCUT2D eigenvalue weighted by molar-refractivity contribution is 6.32. The summed E-state index contributed by atoms with van der Waals surface area (Å²) >= 11 is 6.01. The van der Waals surface area contributed by atoms with Gasteiger partial charge >= 0.3 is 0 Å². The Hall–Kier alpha value is -2.75. The van der Waals surface area contributed by atoms with Gasteiger partial charge in [0.2, 0.25) is 5.91 Å². The molecule has 1 heterocycles. The van der Waals surface area contributed by atoms with Gasteiger partial charge in [-0.1, -0.05) is 23.7 Å². The van der Waals surface area contributed by atoms with E-state index < -0.39 is 0 Å². The van der Waals surface area contributed by atoms with Gasteiger partial charge < -0.3 is 15.0 Å². The molecular weight excluding hydrogens is 376 g/mol. The number of benzene rings is 2.